The van der Waals surface area contributed by atoms with Crippen LogP contribution < -0.4 is 4.74 Å². The Morgan fingerprint density at radius 3 is 2.63 bits per heavy atom. The van der Waals surface area contributed by atoms with Crippen molar-refractivity contribution in [3.05, 3.63) is 36.4 Å². The van der Waals surface area contributed by atoms with E-state index in [0.717, 1.165) is 16.5 Å². The standard InChI is InChI=1S/C16H17NO2/c1-16(2,11-17)7-8-19-15-6-4-12-3-5-14(18)9-13(12)10-15/h3-6,9-10,18H,7-8H2,1-2H3. The summed E-state index contributed by atoms with van der Waals surface area (Å²) in [7, 11) is 0. The van der Waals surface area contributed by atoms with Crippen LogP contribution in [-0.2, 0) is 0 Å². The van der Waals surface area contributed by atoms with Crippen LogP contribution in [-0.4, -0.2) is 11.7 Å². The first-order valence-electron chi connectivity index (χ1n) is 6.27. The lowest BCUT2D eigenvalue weighted by Gasteiger charge is -2.15. The van der Waals surface area contributed by atoms with Crippen molar-refractivity contribution in [3.63, 3.8) is 0 Å². The number of benzene rings is 2. The number of fused-ring (bicyclic) bond motifs is 1. The van der Waals surface area contributed by atoms with Crippen molar-refractivity contribution >= 4 is 10.8 Å². The monoisotopic (exact) mass is 255 g/mol. The van der Waals surface area contributed by atoms with Crippen LogP contribution in [0.2, 0.25) is 0 Å². The molecule has 0 bridgehead atoms. The van der Waals surface area contributed by atoms with Gasteiger partial charge >= 0.3 is 0 Å². The molecule has 2 rings (SSSR count). The fourth-order valence-electron chi connectivity index (χ4n) is 1.78. The minimum absolute atomic E-state index is 0.246. The van der Waals surface area contributed by atoms with E-state index in [9.17, 15) is 5.11 Å². The first-order valence-corrected chi connectivity index (χ1v) is 6.27. The van der Waals surface area contributed by atoms with Crippen LogP contribution in [0.15, 0.2) is 36.4 Å². The number of nitriles is 1. The number of nitrogens with zero attached hydrogens (tertiary/aromatic N) is 1. The molecule has 2 aromatic rings. The lowest BCUT2D eigenvalue weighted by atomic mass is 9.92. The average molecular weight is 255 g/mol. The van der Waals surface area contributed by atoms with Crippen LogP contribution >= 0.6 is 0 Å². The van der Waals surface area contributed by atoms with Crippen molar-refractivity contribution in [3.8, 4) is 17.6 Å². The van der Waals surface area contributed by atoms with Gasteiger partial charge in [0.1, 0.15) is 11.5 Å². The summed E-state index contributed by atoms with van der Waals surface area (Å²) in [5.74, 6) is 1.00. The first-order chi connectivity index (χ1) is 9.00. The summed E-state index contributed by atoms with van der Waals surface area (Å²) in [5.41, 5.74) is -0.366. The smallest absolute Gasteiger partial charge is 0.119 e. The molecule has 3 nitrogen and oxygen atoms in total. The zero-order chi connectivity index (χ0) is 13.9. The van der Waals surface area contributed by atoms with Gasteiger partial charge in [0.15, 0.2) is 0 Å². The average Bonchev–Trinajstić information content (AvgIpc) is 2.38. The van der Waals surface area contributed by atoms with Gasteiger partial charge < -0.3 is 9.84 Å². The number of phenols is 1. The van der Waals surface area contributed by atoms with Gasteiger partial charge in [0, 0.05) is 0 Å². The fraction of sp³-hybridized carbons (Fsp3) is 0.312. The maximum atomic E-state index is 9.46. The lowest BCUT2D eigenvalue weighted by Crippen LogP contribution is -2.13. The SMILES string of the molecule is CC(C)(C#N)CCOc1ccc2ccc(O)cc2c1. The van der Waals surface area contributed by atoms with Crippen LogP contribution in [0.4, 0.5) is 0 Å². The molecule has 3 heteroatoms. The molecule has 0 saturated heterocycles. The Balaban J connectivity index is 2.08. The largest absolute Gasteiger partial charge is 0.508 e. The molecule has 0 heterocycles. The lowest BCUT2D eigenvalue weighted by molar-refractivity contribution is 0.264. The van der Waals surface area contributed by atoms with Crippen molar-refractivity contribution in [2.24, 2.45) is 5.41 Å². The molecule has 0 fully saturated rings. The highest BCUT2D eigenvalue weighted by atomic mass is 16.5. The van der Waals surface area contributed by atoms with Crippen molar-refractivity contribution < 1.29 is 9.84 Å². The summed E-state index contributed by atoms with van der Waals surface area (Å²) in [4.78, 5) is 0. The number of ether oxygens (including phenoxy) is 1. The number of aromatic hydroxyl groups is 1. The number of rotatable bonds is 4. The van der Waals surface area contributed by atoms with E-state index in [1.165, 1.54) is 0 Å². The second-order valence-corrected chi connectivity index (χ2v) is 5.29. The maximum Gasteiger partial charge on any atom is 0.119 e. The molecule has 0 radical (unpaired) electrons. The maximum absolute atomic E-state index is 9.46. The number of hydrogen-bond acceptors (Lipinski definition) is 3. The molecule has 0 spiro atoms. The van der Waals surface area contributed by atoms with E-state index in [1.807, 2.05) is 38.1 Å². The second kappa shape index (κ2) is 5.19. The number of hydrogen-bond donors (Lipinski definition) is 1. The summed E-state index contributed by atoms with van der Waals surface area (Å²) >= 11 is 0. The van der Waals surface area contributed by atoms with Gasteiger partial charge in [-0.3, -0.25) is 0 Å². The van der Waals surface area contributed by atoms with Gasteiger partial charge in [0.05, 0.1) is 18.1 Å². The van der Waals surface area contributed by atoms with E-state index >= 15 is 0 Å². The van der Waals surface area contributed by atoms with Crippen molar-refractivity contribution in [2.75, 3.05) is 6.61 Å². The molecule has 0 unspecified atom stereocenters. The van der Waals surface area contributed by atoms with Gasteiger partial charge in [-0.15, -0.1) is 0 Å². The Labute approximate surface area is 113 Å². The van der Waals surface area contributed by atoms with Crippen LogP contribution in [0.3, 0.4) is 0 Å². The van der Waals surface area contributed by atoms with Crippen molar-refractivity contribution in [1.29, 1.82) is 5.26 Å². The zero-order valence-corrected chi connectivity index (χ0v) is 11.2. The molecule has 0 aliphatic heterocycles. The predicted molar refractivity (Wildman–Crippen MR) is 75.1 cm³/mol. The van der Waals surface area contributed by atoms with Crippen LogP contribution in [0.1, 0.15) is 20.3 Å². The third-order valence-corrected chi connectivity index (χ3v) is 3.09. The van der Waals surface area contributed by atoms with Crippen LogP contribution in [0.5, 0.6) is 11.5 Å². The Hall–Kier alpha value is -2.21. The second-order valence-electron chi connectivity index (χ2n) is 5.29. The van der Waals surface area contributed by atoms with Crippen LogP contribution in [0.25, 0.3) is 10.8 Å². The Morgan fingerprint density at radius 1 is 1.16 bits per heavy atom. The highest BCUT2D eigenvalue weighted by molar-refractivity contribution is 5.85. The molecule has 0 atom stereocenters. The highest BCUT2D eigenvalue weighted by Gasteiger charge is 2.16. The molecule has 1 N–H and O–H groups in total. The van der Waals surface area contributed by atoms with Gasteiger partial charge in [0.25, 0.3) is 0 Å². The Morgan fingerprint density at radius 2 is 1.89 bits per heavy atom. The third-order valence-electron chi connectivity index (χ3n) is 3.09. The van der Waals surface area contributed by atoms with Gasteiger partial charge in [0.2, 0.25) is 0 Å². The molecular formula is C16H17NO2. The van der Waals surface area contributed by atoms with Gasteiger partial charge in [-0.2, -0.15) is 5.26 Å². The molecule has 2 aromatic carbocycles. The zero-order valence-electron chi connectivity index (χ0n) is 11.2. The molecule has 0 aliphatic rings. The molecule has 0 aromatic heterocycles. The predicted octanol–water partition coefficient (Wildman–Crippen LogP) is 3.86. The van der Waals surface area contributed by atoms with Gasteiger partial charge in [-0.1, -0.05) is 12.1 Å². The van der Waals surface area contributed by atoms with Crippen molar-refractivity contribution in [2.45, 2.75) is 20.3 Å². The van der Waals surface area contributed by atoms with E-state index in [0.29, 0.717) is 13.0 Å². The Kier molecular flexibility index (Phi) is 3.62. The fourth-order valence-corrected chi connectivity index (χ4v) is 1.78. The molecule has 0 saturated carbocycles. The normalized spacial score (nSPS) is 11.2. The third kappa shape index (κ3) is 3.38. The van der Waals surface area contributed by atoms with E-state index in [-0.39, 0.29) is 11.2 Å². The summed E-state index contributed by atoms with van der Waals surface area (Å²) in [5, 5.41) is 20.4. The van der Waals surface area contributed by atoms with E-state index in [1.54, 1.807) is 12.1 Å². The topological polar surface area (TPSA) is 53.2 Å². The molecule has 98 valence electrons. The summed E-state index contributed by atoms with van der Waals surface area (Å²) in [6, 6.07) is 13.3. The van der Waals surface area contributed by atoms with E-state index in [4.69, 9.17) is 10.00 Å². The number of phenolic OH excluding ortho intramolecular Hbond substituents is 1. The summed E-state index contributed by atoms with van der Waals surface area (Å²) < 4.78 is 5.66. The molecule has 0 aliphatic carbocycles. The molecule has 0 amide bonds. The van der Waals surface area contributed by atoms with E-state index < -0.39 is 0 Å². The van der Waals surface area contributed by atoms with E-state index in [2.05, 4.69) is 6.07 Å². The molecule has 19 heavy (non-hydrogen) atoms. The first kappa shape index (κ1) is 13.2. The summed E-state index contributed by atoms with van der Waals surface area (Å²) in [6.45, 7) is 4.30. The van der Waals surface area contributed by atoms with Crippen molar-refractivity contribution in [1.82, 2.24) is 0 Å². The minimum Gasteiger partial charge on any atom is -0.508 e. The summed E-state index contributed by atoms with van der Waals surface area (Å²) in [6.07, 6.45) is 0.682. The van der Waals surface area contributed by atoms with Crippen LogP contribution in [0, 0.1) is 16.7 Å². The van der Waals surface area contributed by atoms with Gasteiger partial charge in [-0.05, 0) is 55.3 Å². The van der Waals surface area contributed by atoms with Gasteiger partial charge in [-0.25, -0.2) is 0 Å². The molecular weight excluding hydrogens is 238 g/mol. The minimum atomic E-state index is -0.366. The highest BCUT2D eigenvalue weighted by Crippen LogP contribution is 2.25. The quantitative estimate of drug-likeness (QED) is 0.902. The Bertz CT molecular complexity index is 626.